The van der Waals surface area contributed by atoms with E-state index in [0.717, 1.165) is 32.1 Å². The Morgan fingerprint density at radius 1 is 1.13 bits per heavy atom. The van der Waals surface area contributed by atoms with E-state index in [-0.39, 0.29) is 5.92 Å². The Labute approximate surface area is 139 Å². The molecule has 1 saturated heterocycles. The topological polar surface area (TPSA) is 32.3 Å². The number of carbonyl (C=O) groups is 1. The Morgan fingerprint density at radius 3 is 2.74 bits per heavy atom. The van der Waals surface area contributed by atoms with Crippen LogP contribution in [0.2, 0.25) is 0 Å². The highest BCUT2D eigenvalue weighted by Gasteiger charge is 2.39. The van der Waals surface area contributed by atoms with Crippen molar-refractivity contribution in [3.63, 3.8) is 0 Å². The smallest absolute Gasteiger partial charge is 0.223 e. The SMILES string of the molecule is CN1[C@@H]2Cc3ccccc3[C@H]1C[C@@H](NC(=O)C1CCCCC1)C2. The highest BCUT2D eigenvalue weighted by atomic mass is 16.1. The van der Waals surface area contributed by atoms with E-state index in [1.54, 1.807) is 0 Å². The zero-order valence-electron chi connectivity index (χ0n) is 14.1. The van der Waals surface area contributed by atoms with E-state index >= 15 is 0 Å². The second kappa shape index (κ2) is 6.27. The summed E-state index contributed by atoms with van der Waals surface area (Å²) in [6, 6.07) is 10.3. The maximum Gasteiger partial charge on any atom is 0.223 e. The zero-order valence-corrected chi connectivity index (χ0v) is 14.1. The van der Waals surface area contributed by atoms with Gasteiger partial charge in [-0.05, 0) is 50.3 Å². The second-order valence-corrected chi connectivity index (χ2v) is 7.75. The van der Waals surface area contributed by atoms with Crippen molar-refractivity contribution in [2.45, 2.75) is 69.5 Å². The first-order valence-corrected chi connectivity index (χ1v) is 9.32. The van der Waals surface area contributed by atoms with E-state index < -0.39 is 0 Å². The first-order chi connectivity index (χ1) is 11.2. The average Bonchev–Trinajstić information content (AvgIpc) is 2.57. The molecule has 23 heavy (non-hydrogen) atoms. The van der Waals surface area contributed by atoms with Gasteiger partial charge in [-0.25, -0.2) is 0 Å². The molecule has 4 rings (SSSR count). The molecule has 2 aliphatic heterocycles. The van der Waals surface area contributed by atoms with Crippen molar-refractivity contribution in [1.29, 1.82) is 0 Å². The Hall–Kier alpha value is -1.35. The van der Waals surface area contributed by atoms with Crippen LogP contribution in [0.1, 0.15) is 62.1 Å². The highest BCUT2D eigenvalue weighted by molar-refractivity contribution is 5.79. The summed E-state index contributed by atoms with van der Waals surface area (Å²) in [5.41, 5.74) is 2.99. The molecule has 0 radical (unpaired) electrons. The third kappa shape index (κ3) is 2.91. The summed E-state index contributed by atoms with van der Waals surface area (Å²) < 4.78 is 0. The summed E-state index contributed by atoms with van der Waals surface area (Å²) in [6.07, 6.45) is 9.22. The van der Waals surface area contributed by atoms with Crippen LogP contribution in [0, 0.1) is 5.92 Å². The van der Waals surface area contributed by atoms with E-state index in [4.69, 9.17) is 0 Å². The minimum Gasteiger partial charge on any atom is -0.353 e. The van der Waals surface area contributed by atoms with Gasteiger partial charge in [0.1, 0.15) is 0 Å². The molecule has 124 valence electrons. The standard InChI is InChI=1S/C20H28N2O/c1-22-17-11-15-9-5-6-10-18(15)19(22)13-16(12-17)21-20(23)14-7-3-2-4-8-14/h5-6,9-10,14,16-17,19H,2-4,7-8,11-13H2,1H3,(H,21,23)/t16-,17+,19+/m0/s1. The van der Waals surface area contributed by atoms with Gasteiger partial charge >= 0.3 is 0 Å². The summed E-state index contributed by atoms with van der Waals surface area (Å²) in [7, 11) is 2.25. The average molecular weight is 312 g/mol. The quantitative estimate of drug-likeness (QED) is 0.907. The van der Waals surface area contributed by atoms with Gasteiger partial charge < -0.3 is 5.32 Å². The van der Waals surface area contributed by atoms with Gasteiger partial charge in [0.2, 0.25) is 5.91 Å². The molecular formula is C20H28N2O. The summed E-state index contributed by atoms with van der Waals surface area (Å²) in [5, 5.41) is 3.40. The molecule has 0 spiro atoms. The van der Waals surface area contributed by atoms with E-state index in [1.807, 2.05) is 0 Å². The lowest BCUT2D eigenvalue weighted by Crippen LogP contribution is -2.53. The van der Waals surface area contributed by atoms with Crippen LogP contribution in [0.5, 0.6) is 0 Å². The number of amides is 1. The largest absolute Gasteiger partial charge is 0.353 e. The number of rotatable bonds is 2. The van der Waals surface area contributed by atoms with Crippen molar-refractivity contribution in [2.24, 2.45) is 5.92 Å². The lowest BCUT2D eigenvalue weighted by molar-refractivity contribution is -0.127. The normalized spacial score (nSPS) is 31.4. The number of hydrogen-bond acceptors (Lipinski definition) is 2. The summed E-state index contributed by atoms with van der Waals surface area (Å²) in [6.45, 7) is 0. The van der Waals surface area contributed by atoms with Gasteiger partial charge in [-0.15, -0.1) is 0 Å². The number of nitrogens with zero attached hydrogens (tertiary/aromatic N) is 1. The molecule has 1 amide bonds. The fourth-order valence-electron chi connectivity index (χ4n) is 4.96. The Balaban J connectivity index is 1.46. The third-order valence-corrected chi connectivity index (χ3v) is 6.32. The number of hydrogen-bond donors (Lipinski definition) is 1. The molecule has 3 aliphatic rings. The van der Waals surface area contributed by atoms with Crippen LogP contribution < -0.4 is 5.32 Å². The van der Waals surface area contributed by atoms with Crippen molar-refractivity contribution in [1.82, 2.24) is 10.2 Å². The summed E-state index contributed by atoms with van der Waals surface area (Å²) >= 11 is 0. The fourth-order valence-corrected chi connectivity index (χ4v) is 4.96. The molecule has 1 aliphatic carbocycles. The number of benzene rings is 1. The highest BCUT2D eigenvalue weighted by Crippen LogP contribution is 2.40. The zero-order chi connectivity index (χ0) is 15.8. The Morgan fingerprint density at radius 2 is 1.91 bits per heavy atom. The molecule has 1 saturated carbocycles. The lowest BCUT2D eigenvalue weighted by Gasteiger charge is -2.48. The molecule has 0 aromatic heterocycles. The van der Waals surface area contributed by atoms with Crippen LogP contribution in [-0.4, -0.2) is 29.9 Å². The molecular weight excluding hydrogens is 284 g/mol. The monoisotopic (exact) mass is 312 g/mol. The molecule has 1 aromatic rings. The predicted octanol–water partition coefficient (Wildman–Crippen LogP) is 3.44. The lowest BCUT2D eigenvalue weighted by atomic mass is 9.78. The van der Waals surface area contributed by atoms with Gasteiger partial charge in [0, 0.05) is 24.0 Å². The fraction of sp³-hybridized carbons (Fsp3) is 0.650. The van der Waals surface area contributed by atoms with Gasteiger partial charge in [0.15, 0.2) is 0 Å². The Kier molecular flexibility index (Phi) is 4.14. The number of nitrogens with one attached hydrogen (secondary N) is 1. The molecule has 3 nitrogen and oxygen atoms in total. The van der Waals surface area contributed by atoms with Crippen molar-refractivity contribution in [3.05, 3.63) is 35.4 Å². The predicted molar refractivity (Wildman–Crippen MR) is 92.2 cm³/mol. The van der Waals surface area contributed by atoms with Crippen molar-refractivity contribution >= 4 is 5.91 Å². The van der Waals surface area contributed by atoms with Crippen molar-refractivity contribution in [3.8, 4) is 0 Å². The molecule has 1 N–H and O–H groups in total. The number of carbonyl (C=O) groups excluding carboxylic acids is 1. The van der Waals surface area contributed by atoms with Gasteiger partial charge in [-0.3, -0.25) is 9.69 Å². The van der Waals surface area contributed by atoms with Gasteiger partial charge in [0.25, 0.3) is 0 Å². The van der Waals surface area contributed by atoms with E-state index in [2.05, 4.69) is 41.5 Å². The number of fused-ring (bicyclic) bond motifs is 4. The molecule has 1 aromatic carbocycles. The van der Waals surface area contributed by atoms with E-state index in [0.29, 0.717) is 24.0 Å². The van der Waals surface area contributed by atoms with E-state index in [9.17, 15) is 4.79 Å². The minimum absolute atomic E-state index is 0.274. The number of likely N-dealkylation sites (N-methyl/N-ethyl adjacent to an activating group) is 1. The number of piperidine rings is 1. The molecule has 2 fully saturated rings. The van der Waals surface area contributed by atoms with Crippen LogP contribution in [0.4, 0.5) is 0 Å². The summed E-state index contributed by atoms with van der Waals surface area (Å²) in [5.74, 6) is 0.598. The van der Waals surface area contributed by atoms with Crippen LogP contribution in [0.3, 0.4) is 0 Å². The van der Waals surface area contributed by atoms with Crippen molar-refractivity contribution < 1.29 is 4.79 Å². The van der Waals surface area contributed by atoms with Gasteiger partial charge in [0.05, 0.1) is 0 Å². The third-order valence-electron chi connectivity index (χ3n) is 6.32. The second-order valence-electron chi connectivity index (χ2n) is 7.75. The molecule has 2 bridgehead atoms. The van der Waals surface area contributed by atoms with Crippen LogP contribution in [0.25, 0.3) is 0 Å². The molecule has 3 atom stereocenters. The maximum atomic E-state index is 12.6. The van der Waals surface area contributed by atoms with Crippen LogP contribution in [0.15, 0.2) is 24.3 Å². The Bertz CT molecular complexity index is 579. The molecule has 2 heterocycles. The first kappa shape index (κ1) is 15.2. The maximum absolute atomic E-state index is 12.6. The van der Waals surface area contributed by atoms with Gasteiger partial charge in [-0.2, -0.15) is 0 Å². The van der Waals surface area contributed by atoms with E-state index in [1.165, 1.54) is 30.4 Å². The minimum atomic E-state index is 0.274. The van der Waals surface area contributed by atoms with Crippen LogP contribution in [-0.2, 0) is 11.2 Å². The van der Waals surface area contributed by atoms with Gasteiger partial charge in [-0.1, -0.05) is 43.5 Å². The van der Waals surface area contributed by atoms with Crippen molar-refractivity contribution in [2.75, 3.05) is 7.05 Å². The molecule has 3 heteroatoms. The van der Waals surface area contributed by atoms with Crippen LogP contribution >= 0.6 is 0 Å². The molecule has 0 unspecified atom stereocenters. The first-order valence-electron chi connectivity index (χ1n) is 9.32. The summed E-state index contributed by atoms with van der Waals surface area (Å²) in [4.78, 5) is 15.1.